The Hall–Kier alpha value is -1.74. The number of halogens is 2. The molecule has 1 N–H and O–H groups in total. The second-order valence-corrected chi connectivity index (χ2v) is 5.84. The second kappa shape index (κ2) is 6.81. The van der Waals surface area contributed by atoms with Gasteiger partial charge in [-0.25, -0.2) is 8.78 Å². The van der Waals surface area contributed by atoms with Gasteiger partial charge in [-0.15, -0.1) is 0 Å². The second-order valence-electron chi connectivity index (χ2n) is 5.84. The molecule has 1 atom stereocenters. The molecule has 0 aliphatic carbocycles. The molecule has 0 saturated heterocycles. The predicted octanol–water partition coefficient (Wildman–Crippen LogP) is 4.44. The molecule has 0 fully saturated rings. The van der Waals surface area contributed by atoms with Gasteiger partial charge in [0.2, 0.25) is 0 Å². The molecule has 1 nitrogen and oxygen atoms in total. The number of rotatable bonds is 5. The van der Waals surface area contributed by atoms with Crippen LogP contribution in [0.15, 0.2) is 42.5 Å². The molecule has 0 aliphatic rings. The lowest BCUT2D eigenvalue weighted by molar-refractivity contribution is 0.178. The topological polar surface area (TPSA) is 20.2 Å². The van der Waals surface area contributed by atoms with E-state index in [1.165, 1.54) is 12.1 Å². The van der Waals surface area contributed by atoms with Crippen LogP contribution in [-0.4, -0.2) is 5.11 Å². The van der Waals surface area contributed by atoms with Crippen molar-refractivity contribution < 1.29 is 13.9 Å². The Kier molecular flexibility index (Phi) is 5.07. The van der Waals surface area contributed by atoms with Crippen molar-refractivity contribution in [1.29, 1.82) is 0 Å². The quantitative estimate of drug-likeness (QED) is 0.863. The standard InChI is InChI=1S/C18H20F2O/c1-12(2)6-13-4-3-5-15(7-13)18(21)10-14-8-16(19)11-17(20)9-14/h3-5,7-9,11-12,18,21H,6,10H2,1-2H3. The van der Waals surface area contributed by atoms with E-state index in [1.807, 2.05) is 24.3 Å². The third-order valence-electron chi connectivity index (χ3n) is 3.33. The zero-order valence-corrected chi connectivity index (χ0v) is 12.3. The van der Waals surface area contributed by atoms with Gasteiger partial charge in [0.1, 0.15) is 11.6 Å². The Morgan fingerprint density at radius 3 is 2.19 bits per heavy atom. The summed E-state index contributed by atoms with van der Waals surface area (Å²) >= 11 is 0. The third-order valence-corrected chi connectivity index (χ3v) is 3.33. The van der Waals surface area contributed by atoms with Crippen molar-refractivity contribution in [2.45, 2.75) is 32.8 Å². The fraction of sp³-hybridized carbons (Fsp3) is 0.333. The molecule has 0 spiro atoms. The van der Waals surface area contributed by atoms with Crippen molar-refractivity contribution in [2.75, 3.05) is 0 Å². The highest BCUT2D eigenvalue weighted by molar-refractivity contribution is 5.28. The molecule has 0 bridgehead atoms. The molecule has 0 amide bonds. The van der Waals surface area contributed by atoms with Crippen LogP contribution in [0.5, 0.6) is 0 Å². The molecule has 0 saturated carbocycles. The van der Waals surface area contributed by atoms with Gasteiger partial charge in [0, 0.05) is 12.5 Å². The van der Waals surface area contributed by atoms with Gasteiger partial charge in [-0.1, -0.05) is 38.1 Å². The molecule has 2 aromatic rings. The first-order chi connectivity index (χ1) is 9.94. The third kappa shape index (κ3) is 4.64. The highest BCUT2D eigenvalue weighted by atomic mass is 19.1. The van der Waals surface area contributed by atoms with Crippen LogP contribution in [0.25, 0.3) is 0 Å². The molecule has 0 heterocycles. The first-order valence-corrected chi connectivity index (χ1v) is 7.16. The minimum atomic E-state index is -0.765. The molecule has 2 rings (SSSR count). The monoisotopic (exact) mass is 290 g/mol. The minimum Gasteiger partial charge on any atom is -0.388 e. The Morgan fingerprint density at radius 2 is 1.57 bits per heavy atom. The fourth-order valence-corrected chi connectivity index (χ4v) is 2.47. The molecule has 3 heteroatoms. The summed E-state index contributed by atoms with van der Waals surface area (Å²) in [6.07, 6.45) is 0.368. The van der Waals surface area contributed by atoms with E-state index < -0.39 is 17.7 Å². The lowest BCUT2D eigenvalue weighted by atomic mass is 9.96. The van der Waals surface area contributed by atoms with Gasteiger partial charge in [-0.05, 0) is 41.2 Å². The Labute approximate surface area is 124 Å². The zero-order valence-electron chi connectivity index (χ0n) is 12.3. The van der Waals surface area contributed by atoms with E-state index >= 15 is 0 Å². The molecule has 21 heavy (non-hydrogen) atoms. The molecule has 2 aromatic carbocycles. The van der Waals surface area contributed by atoms with Crippen molar-refractivity contribution in [3.8, 4) is 0 Å². The van der Waals surface area contributed by atoms with Crippen LogP contribution >= 0.6 is 0 Å². The Bertz CT molecular complexity index is 588. The van der Waals surface area contributed by atoms with Gasteiger partial charge in [0.15, 0.2) is 0 Å². The average Bonchev–Trinajstić information content (AvgIpc) is 2.36. The molecule has 0 radical (unpaired) electrons. The van der Waals surface area contributed by atoms with E-state index in [1.54, 1.807) is 0 Å². The van der Waals surface area contributed by atoms with E-state index in [9.17, 15) is 13.9 Å². The first-order valence-electron chi connectivity index (χ1n) is 7.16. The van der Waals surface area contributed by atoms with Crippen LogP contribution in [0.1, 0.15) is 36.6 Å². The van der Waals surface area contributed by atoms with Crippen LogP contribution in [0, 0.1) is 17.6 Å². The van der Waals surface area contributed by atoms with Crippen molar-refractivity contribution in [3.63, 3.8) is 0 Å². The molecular formula is C18H20F2O. The van der Waals surface area contributed by atoms with Gasteiger partial charge in [-0.3, -0.25) is 0 Å². The SMILES string of the molecule is CC(C)Cc1cccc(C(O)Cc2cc(F)cc(F)c2)c1. The molecule has 1 unspecified atom stereocenters. The summed E-state index contributed by atoms with van der Waals surface area (Å²) in [4.78, 5) is 0. The van der Waals surface area contributed by atoms with E-state index in [2.05, 4.69) is 13.8 Å². The van der Waals surface area contributed by atoms with Crippen LogP contribution in [0.4, 0.5) is 8.78 Å². The first kappa shape index (κ1) is 15.6. The van der Waals surface area contributed by atoms with Crippen molar-refractivity contribution in [1.82, 2.24) is 0 Å². The summed E-state index contributed by atoms with van der Waals surface area (Å²) in [5.74, 6) is -0.703. The number of hydrogen-bond donors (Lipinski definition) is 1. The average molecular weight is 290 g/mol. The lowest BCUT2D eigenvalue weighted by Gasteiger charge is -2.13. The number of benzene rings is 2. The highest BCUT2D eigenvalue weighted by Gasteiger charge is 2.11. The van der Waals surface area contributed by atoms with E-state index in [0.29, 0.717) is 11.5 Å². The number of aliphatic hydroxyl groups excluding tert-OH is 1. The molecule has 112 valence electrons. The van der Waals surface area contributed by atoms with Gasteiger partial charge >= 0.3 is 0 Å². The summed E-state index contributed by atoms with van der Waals surface area (Å²) in [5, 5.41) is 10.3. The van der Waals surface area contributed by atoms with Gasteiger partial charge in [0.25, 0.3) is 0 Å². The van der Waals surface area contributed by atoms with Gasteiger partial charge < -0.3 is 5.11 Å². The molecular weight excluding hydrogens is 270 g/mol. The molecule has 0 aliphatic heterocycles. The largest absolute Gasteiger partial charge is 0.388 e. The summed E-state index contributed by atoms with van der Waals surface area (Å²) in [6.45, 7) is 4.28. The minimum absolute atomic E-state index is 0.194. The lowest BCUT2D eigenvalue weighted by Crippen LogP contribution is -2.04. The van der Waals surface area contributed by atoms with Crippen LogP contribution in [0.2, 0.25) is 0 Å². The van der Waals surface area contributed by atoms with Crippen LogP contribution in [-0.2, 0) is 12.8 Å². The van der Waals surface area contributed by atoms with Crippen molar-refractivity contribution >= 4 is 0 Å². The van der Waals surface area contributed by atoms with Crippen LogP contribution in [0.3, 0.4) is 0 Å². The van der Waals surface area contributed by atoms with E-state index in [-0.39, 0.29) is 6.42 Å². The predicted molar refractivity (Wildman–Crippen MR) is 80.0 cm³/mol. The van der Waals surface area contributed by atoms with Crippen molar-refractivity contribution in [3.05, 3.63) is 70.8 Å². The van der Waals surface area contributed by atoms with E-state index in [4.69, 9.17) is 0 Å². The zero-order chi connectivity index (χ0) is 15.4. The normalized spacial score (nSPS) is 12.7. The summed E-state index contributed by atoms with van der Waals surface area (Å²) in [7, 11) is 0. The highest BCUT2D eigenvalue weighted by Crippen LogP contribution is 2.21. The summed E-state index contributed by atoms with van der Waals surface area (Å²) in [5.41, 5.74) is 2.39. The Balaban J connectivity index is 2.14. The maximum Gasteiger partial charge on any atom is 0.126 e. The maximum absolute atomic E-state index is 13.2. The Morgan fingerprint density at radius 1 is 0.905 bits per heavy atom. The van der Waals surface area contributed by atoms with Crippen molar-refractivity contribution in [2.24, 2.45) is 5.92 Å². The number of aliphatic hydroxyl groups is 1. The summed E-state index contributed by atoms with van der Waals surface area (Å²) in [6, 6.07) is 11.1. The van der Waals surface area contributed by atoms with Gasteiger partial charge in [0.05, 0.1) is 6.10 Å². The number of hydrogen-bond acceptors (Lipinski definition) is 1. The van der Waals surface area contributed by atoms with E-state index in [0.717, 1.165) is 23.6 Å². The fourth-order valence-electron chi connectivity index (χ4n) is 2.47. The smallest absolute Gasteiger partial charge is 0.126 e. The van der Waals surface area contributed by atoms with Gasteiger partial charge in [-0.2, -0.15) is 0 Å². The molecule has 0 aromatic heterocycles. The maximum atomic E-state index is 13.2. The summed E-state index contributed by atoms with van der Waals surface area (Å²) < 4.78 is 26.3. The van der Waals surface area contributed by atoms with Crippen LogP contribution < -0.4 is 0 Å².